The van der Waals surface area contributed by atoms with Crippen LogP contribution in [0.5, 0.6) is 0 Å². The molecule has 3 N–H and O–H groups in total. The van der Waals surface area contributed by atoms with Gasteiger partial charge in [0.1, 0.15) is 12.6 Å². The lowest BCUT2D eigenvalue weighted by molar-refractivity contribution is -0.142. The third-order valence-corrected chi connectivity index (χ3v) is 2.98. The number of rotatable bonds is 5. The Morgan fingerprint density at radius 3 is 2.45 bits per heavy atom. The fraction of sp³-hybridized carbons (Fsp3) is 0.727. The normalized spacial score (nSPS) is 18.4. The molecule has 22 heavy (non-hydrogen) atoms. The van der Waals surface area contributed by atoms with Gasteiger partial charge in [0.25, 0.3) is 0 Å². The molecule has 0 spiro atoms. The first-order chi connectivity index (χ1) is 9.69. The Kier molecular flexibility index (Phi) is 8.17. The Bertz CT molecular complexity index is 420. The highest BCUT2D eigenvalue weighted by Crippen LogP contribution is 2.17. The molecular formula is C11H17ClF3N3O4. The van der Waals surface area contributed by atoms with Crippen molar-refractivity contribution in [3.8, 4) is 0 Å². The molecule has 0 saturated carbocycles. The zero-order valence-electron chi connectivity index (χ0n) is 11.5. The molecule has 0 aromatic carbocycles. The Balaban J connectivity index is 0.00000441. The molecule has 0 radical (unpaired) electrons. The van der Waals surface area contributed by atoms with Crippen LogP contribution in [0.1, 0.15) is 19.3 Å². The molecule has 0 aromatic heterocycles. The van der Waals surface area contributed by atoms with Crippen LogP contribution in [0.15, 0.2) is 0 Å². The average Bonchev–Trinajstić information content (AvgIpc) is 2.81. The number of nitrogens with zero attached hydrogens (tertiary/aromatic N) is 1. The van der Waals surface area contributed by atoms with Crippen LogP contribution in [0.2, 0.25) is 0 Å². The van der Waals surface area contributed by atoms with Gasteiger partial charge in [0.2, 0.25) is 5.91 Å². The van der Waals surface area contributed by atoms with Crippen molar-refractivity contribution in [2.45, 2.75) is 31.5 Å². The van der Waals surface area contributed by atoms with Crippen LogP contribution < -0.4 is 10.6 Å². The molecule has 1 fully saturated rings. The third kappa shape index (κ3) is 7.46. The lowest BCUT2D eigenvalue weighted by Gasteiger charge is -2.20. The van der Waals surface area contributed by atoms with E-state index in [2.05, 4.69) is 0 Å². The third-order valence-electron chi connectivity index (χ3n) is 2.98. The van der Waals surface area contributed by atoms with Crippen molar-refractivity contribution in [1.82, 2.24) is 15.5 Å². The fourth-order valence-corrected chi connectivity index (χ4v) is 2.03. The van der Waals surface area contributed by atoms with Crippen molar-refractivity contribution in [1.29, 1.82) is 0 Å². The number of amides is 3. The zero-order chi connectivity index (χ0) is 16.0. The lowest BCUT2D eigenvalue weighted by atomic mass is 10.2. The van der Waals surface area contributed by atoms with Crippen molar-refractivity contribution < 1.29 is 32.7 Å². The van der Waals surface area contributed by atoms with Gasteiger partial charge in [0, 0.05) is 13.0 Å². The molecule has 1 saturated heterocycles. The topological polar surface area (TPSA) is 98.7 Å². The van der Waals surface area contributed by atoms with Crippen molar-refractivity contribution in [3.63, 3.8) is 0 Å². The summed E-state index contributed by atoms with van der Waals surface area (Å²) in [7, 11) is 0. The number of carbonyl (C=O) groups is 3. The van der Waals surface area contributed by atoms with Gasteiger partial charge in [-0.15, -0.1) is 12.4 Å². The maximum atomic E-state index is 11.8. The van der Waals surface area contributed by atoms with Crippen molar-refractivity contribution >= 4 is 30.3 Å². The van der Waals surface area contributed by atoms with E-state index >= 15 is 0 Å². The smallest absolute Gasteiger partial charge is 0.405 e. The first-order valence-electron chi connectivity index (χ1n) is 6.30. The van der Waals surface area contributed by atoms with E-state index in [-0.39, 0.29) is 25.4 Å². The number of urea groups is 1. The Morgan fingerprint density at radius 2 is 1.91 bits per heavy atom. The van der Waals surface area contributed by atoms with Crippen molar-refractivity contribution in [2.75, 3.05) is 19.6 Å². The molecule has 1 atom stereocenters. The molecule has 0 aliphatic carbocycles. The maximum absolute atomic E-state index is 11.8. The minimum atomic E-state index is -4.55. The highest BCUT2D eigenvalue weighted by Gasteiger charge is 2.31. The monoisotopic (exact) mass is 347 g/mol. The Morgan fingerprint density at radius 1 is 1.27 bits per heavy atom. The Hall–Kier alpha value is -1.55. The van der Waals surface area contributed by atoms with E-state index < -0.39 is 36.7 Å². The number of likely N-dealkylation sites (tertiary alicyclic amines) is 1. The van der Waals surface area contributed by atoms with E-state index in [1.54, 1.807) is 10.2 Å². The van der Waals surface area contributed by atoms with Gasteiger partial charge in [-0.3, -0.25) is 19.8 Å². The summed E-state index contributed by atoms with van der Waals surface area (Å²) in [5.74, 6) is -1.73. The SMILES string of the molecule is Cl.O=C(CCN1CCC[C@H]1C(=O)O)NC(=O)NCC(F)(F)F. The van der Waals surface area contributed by atoms with Crippen LogP contribution in [0.3, 0.4) is 0 Å². The van der Waals surface area contributed by atoms with Crippen LogP contribution >= 0.6 is 12.4 Å². The molecule has 0 aromatic rings. The predicted molar refractivity (Wildman–Crippen MR) is 71.7 cm³/mol. The second-order valence-electron chi connectivity index (χ2n) is 4.63. The molecule has 11 heteroatoms. The zero-order valence-corrected chi connectivity index (χ0v) is 12.3. The minimum absolute atomic E-state index is 0. The molecular weight excluding hydrogens is 331 g/mol. The quantitative estimate of drug-likeness (QED) is 0.681. The molecule has 1 aliphatic rings. The summed E-state index contributed by atoms with van der Waals surface area (Å²) in [6.07, 6.45) is -3.53. The van der Waals surface area contributed by atoms with Gasteiger partial charge in [-0.25, -0.2) is 4.79 Å². The first-order valence-corrected chi connectivity index (χ1v) is 6.30. The van der Waals surface area contributed by atoms with Gasteiger partial charge >= 0.3 is 18.2 Å². The summed E-state index contributed by atoms with van der Waals surface area (Å²) >= 11 is 0. The molecule has 7 nitrogen and oxygen atoms in total. The highest BCUT2D eigenvalue weighted by atomic mass is 35.5. The average molecular weight is 348 g/mol. The van der Waals surface area contributed by atoms with Crippen LogP contribution in [-0.4, -0.2) is 59.8 Å². The van der Waals surface area contributed by atoms with Gasteiger partial charge in [0.15, 0.2) is 0 Å². The number of aliphatic carboxylic acids is 1. The number of carboxylic acid groups (broad SMARTS) is 1. The number of nitrogens with one attached hydrogen (secondary N) is 2. The summed E-state index contributed by atoms with van der Waals surface area (Å²) in [5.41, 5.74) is 0. The van der Waals surface area contributed by atoms with Gasteiger partial charge in [-0.1, -0.05) is 0 Å². The number of halogens is 4. The first kappa shape index (κ1) is 20.5. The van der Waals surface area contributed by atoms with Crippen molar-refractivity contribution in [2.24, 2.45) is 0 Å². The summed E-state index contributed by atoms with van der Waals surface area (Å²) in [5, 5.41) is 12.2. The number of hydrogen-bond donors (Lipinski definition) is 3. The number of hydrogen-bond acceptors (Lipinski definition) is 4. The Labute approximate surface area is 130 Å². The number of carboxylic acids is 1. The van der Waals surface area contributed by atoms with Gasteiger partial charge in [0.05, 0.1) is 0 Å². The van der Waals surface area contributed by atoms with Gasteiger partial charge in [-0.05, 0) is 19.4 Å². The number of carbonyl (C=O) groups excluding carboxylic acids is 2. The van der Waals surface area contributed by atoms with E-state index in [4.69, 9.17) is 5.11 Å². The van der Waals surface area contributed by atoms with Crippen molar-refractivity contribution in [3.05, 3.63) is 0 Å². The van der Waals surface area contributed by atoms with Crippen LogP contribution in [0, 0.1) is 0 Å². The molecule has 3 amide bonds. The largest absolute Gasteiger partial charge is 0.480 e. The van der Waals surface area contributed by atoms with Crippen LogP contribution in [0.25, 0.3) is 0 Å². The standard InChI is InChI=1S/C11H16F3N3O4.ClH/c12-11(13,14)6-15-10(21)16-8(18)3-5-17-4-1-2-7(17)9(19)20;/h7H,1-6H2,(H,19,20)(H2,15,16,18,21);1H/t7-;/m0./s1. The van der Waals surface area contributed by atoms with Gasteiger partial charge < -0.3 is 10.4 Å². The lowest BCUT2D eigenvalue weighted by Crippen LogP contribution is -2.44. The summed E-state index contributed by atoms with van der Waals surface area (Å²) in [6, 6.07) is -1.88. The molecule has 1 heterocycles. The van der Waals surface area contributed by atoms with E-state index in [0.717, 1.165) is 0 Å². The van der Waals surface area contributed by atoms with E-state index in [1.165, 1.54) is 5.32 Å². The number of imide groups is 1. The molecule has 1 rings (SSSR count). The minimum Gasteiger partial charge on any atom is -0.480 e. The van der Waals surface area contributed by atoms with E-state index in [1.807, 2.05) is 0 Å². The molecule has 1 aliphatic heterocycles. The van der Waals surface area contributed by atoms with E-state index in [0.29, 0.717) is 19.4 Å². The molecule has 0 unspecified atom stereocenters. The summed E-state index contributed by atoms with van der Waals surface area (Å²) < 4.78 is 35.5. The van der Waals surface area contributed by atoms with Gasteiger partial charge in [-0.2, -0.15) is 13.2 Å². The summed E-state index contributed by atoms with van der Waals surface area (Å²) in [6.45, 7) is -0.862. The fourth-order valence-electron chi connectivity index (χ4n) is 2.03. The maximum Gasteiger partial charge on any atom is 0.405 e. The highest BCUT2D eigenvalue weighted by molar-refractivity contribution is 5.94. The number of alkyl halides is 3. The summed E-state index contributed by atoms with van der Waals surface area (Å²) in [4.78, 5) is 34.9. The van der Waals surface area contributed by atoms with E-state index in [9.17, 15) is 27.6 Å². The van der Waals surface area contributed by atoms with Crippen LogP contribution in [0.4, 0.5) is 18.0 Å². The second kappa shape index (κ2) is 8.79. The second-order valence-corrected chi connectivity index (χ2v) is 4.63. The van der Waals surface area contributed by atoms with Crippen LogP contribution in [-0.2, 0) is 9.59 Å². The predicted octanol–water partition coefficient (Wildman–Crippen LogP) is 0.735. The molecule has 128 valence electrons. The molecule has 0 bridgehead atoms.